The van der Waals surface area contributed by atoms with Gasteiger partial charge in [-0.15, -0.1) is 6.58 Å². The van der Waals surface area contributed by atoms with Crippen LogP contribution in [-0.4, -0.2) is 40.1 Å². The van der Waals surface area contributed by atoms with Crippen molar-refractivity contribution < 1.29 is 14.3 Å². The van der Waals surface area contributed by atoms with Crippen LogP contribution in [0.3, 0.4) is 0 Å². The first-order valence-electron chi connectivity index (χ1n) is 9.31. The van der Waals surface area contributed by atoms with Crippen molar-refractivity contribution in [2.75, 3.05) is 13.1 Å². The lowest BCUT2D eigenvalue weighted by molar-refractivity contribution is -0.0735. The number of allylic oxidation sites excluding steroid dienone is 1. The highest BCUT2D eigenvalue weighted by atomic mass is 32.1. The number of ether oxygens (including phenoxy) is 2. The third-order valence-corrected chi connectivity index (χ3v) is 5.16. The van der Waals surface area contributed by atoms with E-state index >= 15 is 0 Å². The van der Waals surface area contributed by atoms with Gasteiger partial charge in [0.1, 0.15) is 16.9 Å². The Morgan fingerprint density at radius 1 is 1.48 bits per heavy atom. The summed E-state index contributed by atoms with van der Waals surface area (Å²) >= 11 is 1.22. The van der Waals surface area contributed by atoms with E-state index in [1.165, 1.54) is 11.3 Å². The minimum atomic E-state index is -0.396. The van der Waals surface area contributed by atoms with Crippen LogP contribution in [0.15, 0.2) is 30.9 Å². The molecule has 1 amide bonds. The van der Waals surface area contributed by atoms with Crippen molar-refractivity contribution in [1.82, 2.24) is 15.2 Å². The molecule has 1 aromatic rings. The lowest BCUT2D eigenvalue weighted by atomic mass is 10.0. The van der Waals surface area contributed by atoms with Gasteiger partial charge >= 0.3 is 0 Å². The Kier molecular flexibility index (Phi) is 7.06. The Balaban J connectivity index is 1.88. The number of rotatable bonds is 8. The molecule has 0 aliphatic carbocycles. The van der Waals surface area contributed by atoms with Crippen LogP contribution in [-0.2, 0) is 4.74 Å². The second kappa shape index (κ2) is 8.89. The number of nitrogens with one attached hydrogen (secondary N) is 1. The molecule has 0 unspecified atom stereocenters. The van der Waals surface area contributed by atoms with E-state index < -0.39 is 5.72 Å². The largest absolute Gasteiger partial charge is 0.473 e. The van der Waals surface area contributed by atoms with Gasteiger partial charge in [0.25, 0.3) is 11.1 Å². The zero-order valence-electron chi connectivity index (χ0n) is 17.0. The van der Waals surface area contributed by atoms with Crippen LogP contribution in [0.25, 0.3) is 0 Å². The summed E-state index contributed by atoms with van der Waals surface area (Å²) in [6, 6.07) is 0. The van der Waals surface area contributed by atoms with Crippen molar-refractivity contribution in [2.24, 2.45) is 0 Å². The maximum atomic E-state index is 12.1. The molecule has 150 valence electrons. The van der Waals surface area contributed by atoms with Crippen molar-refractivity contribution >= 4 is 17.2 Å². The van der Waals surface area contributed by atoms with Crippen molar-refractivity contribution in [3.63, 3.8) is 0 Å². The molecular weight excluding hydrogens is 362 g/mol. The molecule has 1 aliphatic rings. The van der Waals surface area contributed by atoms with E-state index in [9.17, 15) is 4.79 Å². The number of nitrogens with zero attached hydrogens (tertiary/aromatic N) is 2. The first kappa shape index (κ1) is 21.4. The summed E-state index contributed by atoms with van der Waals surface area (Å²) in [5.41, 5.74) is -0.413. The summed E-state index contributed by atoms with van der Waals surface area (Å²) in [5, 5.41) is 3.32. The lowest BCUT2D eigenvalue weighted by Crippen LogP contribution is -2.50. The molecule has 1 fully saturated rings. The maximum absolute atomic E-state index is 12.1. The van der Waals surface area contributed by atoms with Crippen LogP contribution in [0.5, 0.6) is 5.19 Å². The number of unbranched alkanes of at least 4 members (excludes halogenated alkanes) is 2. The molecular formula is C20H31N3O3S. The third-order valence-electron chi connectivity index (χ3n) is 4.27. The van der Waals surface area contributed by atoms with Crippen molar-refractivity contribution in [3.05, 3.63) is 35.8 Å². The molecule has 2 heterocycles. The van der Waals surface area contributed by atoms with Crippen molar-refractivity contribution in [2.45, 2.75) is 65.1 Å². The zero-order valence-corrected chi connectivity index (χ0v) is 17.8. The SMILES string of the molecule is C=CCCCCNC(=O)c1cnc(O/C=C2/CN(C(C)(C)C)C(C)(C)O2)s1. The predicted octanol–water partition coefficient (Wildman–Crippen LogP) is 4.32. The second-order valence-electron chi connectivity index (χ2n) is 8.04. The topological polar surface area (TPSA) is 63.7 Å². The fourth-order valence-corrected chi connectivity index (χ4v) is 3.76. The van der Waals surface area contributed by atoms with Gasteiger partial charge < -0.3 is 14.8 Å². The second-order valence-corrected chi connectivity index (χ2v) is 9.03. The average molecular weight is 394 g/mol. The Morgan fingerprint density at radius 2 is 2.22 bits per heavy atom. The Labute approximate surface area is 166 Å². The monoisotopic (exact) mass is 393 g/mol. The molecule has 1 aliphatic heterocycles. The van der Waals surface area contributed by atoms with Crippen LogP contribution in [0.2, 0.25) is 0 Å². The summed E-state index contributed by atoms with van der Waals surface area (Å²) in [5.74, 6) is 0.629. The van der Waals surface area contributed by atoms with Gasteiger partial charge in [0.2, 0.25) is 0 Å². The first-order chi connectivity index (χ1) is 12.6. The summed E-state index contributed by atoms with van der Waals surface area (Å²) in [6.45, 7) is 15.6. The van der Waals surface area contributed by atoms with Crippen molar-refractivity contribution in [1.29, 1.82) is 0 Å². The van der Waals surface area contributed by atoms with Crippen LogP contribution in [0, 0.1) is 0 Å². The number of amides is 1. The average Bonchev–Trinajstić information content (AvgIpc) is 3.16. The van der Waals surface area contributed by atoms with Gasteiger partial charge in [0.15, 0.2) is 5.72 Å². The highest BCUT2D eigenvalue weighted by Gasteiger charge is 2.43. The number of thiazole rings is 1. The van der Waals surface area contributed by atoms with E-state index in [0.29, 0.717) is 23.2 Å². The third kappa shape index (κ3) is 6.07. The lowest BCUT2D eigenvalue weighted by Gasteiger charge is -2.39. The van der Waals surface area contributed by atoms with Gasteiger partial charge in [-0.2, -0.15) is 0 Å². The highest BCUT2D eigenvalue weighted by Crippen LogP contribution is 2.35. The molecule has 2 rings (SSSR count). The molecule has 1 N–H and O–H groups in total. The van der Waals surface area contributed by atoms with Gasteiger partial charge in [0.05, 0.1) is 12.7 Å². The molecule has 0 radical (unpaired) electrons. The predicted molar refractivity (Wildman–Crippen MR) is 109 cm³/mol. The van der Waals surface area contributed by atoms with Crippen LogP contribution >= 0.6 is 11.3 Å². The fraction of sp³-hybridized carbons (Fsp3) is 0.600. The van der Waals surface area contributed by atoms with Crippen LogP contribution < -0.4 is 10.1 Å². The van der Waals surface area contributed by atoms with Crippen molar-refractivity contribution in [3.8, 4) is 5.19 Å². The maximum Gasteiger partial charge on any atom is 0.278 e. The summed E-state index contributed by atoms with van der Waals surface area (Å²) in [6.07, 6.45) is 7.94. The van der Waals surface area contributed by atoms with Gasteiger partial charge in [-0.1, -0.05) is 17.4 Å². The normalized spacial score (nSPS) is 18.3. The summed E-state index contributed by atoms with van der Waals surface area (Å²) < 4.78 is 11.6. The minimum absolute atomic E-state index is 0.0167. The van der Waals surface area contributed by atoms with E-state index in [4.69, 9.17) is 9.47 Å². The van der Waals surface area contributed by atoms with Gasteiger partial charge in [0, 0.05) is 12.1 Å². The van der Waals surface area contributed by atoms with Crippen LogP contribution in [0.1, 0.15) is 63.6 Å². The van der Waals surface area contributed by atoms with Gasteiger partial charge in [-0.05, 0) is 53.9 Å². The Hall–Kier alpha value is -1.86. The van der Waals surface area contributed by atoms with E-state index in [1.54, 1.807) is 12.5 Å². The molecule has 6 nitrogen and oxygen atoms in total. The molecule has 0 bridgehead atoms. The van der Waals surface area contributed by atoms with E-state index in [2.05, 4.69) is 42.6 Å². The number of carbonyl (C=O) groups excluding carboxylic acids is 1. The highest BCUT2D eigenvalue weighted by molar-refractivity contribution is 7.15. The minimum Gasteiger partial charge on any atom is -0.473 e. The molecule has 0 atom stereocenters. The summed E-state index contributed by atoms with van der Waals surface area (Å²) in [4.78, 5) is 19.1. The Bertz CT molecular complexity index is 689. The number of hydrogen-bond donors (Lipinski definition) is 1. The van der Waals surface area contributed by atoms with Gasteiger partial charge in [-0.25, -0.2) is 4.98 Å². The number of hydrogen-bond acceptors (Lipinski definition) is 6. The quantitative estimate of drug-likeness (QED) is 0.405. The Morgan fingerprint density at radius 3 is 2.85 bits per heavy atom. The molecule has 27 heavy (non-hydrogen) atoms. The van der Waals surface area contributed by atoms with E-state index in [0.717, 1.165) is 25.0 Å². The smallest absolute Gasteiger partial charge is 0.278 e. The first-order valence-corrected chi connectivity index (χ1v) is 10.1. The standard InChI is InChI=1S/C20H31N3O3S/c1-7-8-9-10-11-21-17(24)16-12-22-18(27-16)25-14-15-13-23(19(2,3)4)20(5,6)26-15/h7,12,14H,1,8-11,13H2,2-6H3,(H,21,24)/b15-14-. The molecule has 1 saturated heterocycles. The molecule has 7 heteroatoms. The summed E-state index contributed by atoms with van der Waals surface area (Å²) in [7, 11) is 0. The van der Waals surface area contributed by atoms with E-state index in [1.807, 2.05) is 19.9 Å². The fourth-order valence-electron chi connectivity index (χ4n) is 3.10. The molecule has 0 saturated carbocycles. The molecule has 0 spiro atoms. The van der Waals surface area contributed by atoms with Crippen LogP contribution in [0.4, 0.5) is 0 Å². The van der Waals surface area contributed by atoms with E-state index in [-0.39, 0.29) is 11.4 Å². The number of carbonyl (C=O) groups is 1. The van der Waals surface area contributed by atoms with Gasteiger partial charge in [-0.3, -0.25) is 9.69 Å². The molecule has 1 aromatic heterocycles. The molecule has 0 aromatic carbocycles. The zero-order chi connectivity index (χ0) is 20.1. The number of aromatic nitrogens is 1.